The molecule has 0 aromatic heterocycles. The summed E-state index contributed by atoms with van der Waals surface area (Å²) in [5, 5.41) is 3.28. The molecular formula is C12H24N2O2S. The summed E-state index contributed by atoms with van der Waals surface area (Å²) in [6.07, 6.45) is 4.19. The van der Waals surface area contributed by atoms with Gasteiger partial charge in [0.25, 0.3) is 0 Å². The molecule has 2 heterocycles. The Morgan fingerprint density at radius 1 is 1.24 bits per heavy atom. The van der Waals surface area contributed by atoms with E-state index in [0.717, 1.165) is 45.4 Å². The van der Waals surface area contributed by atoms with E-state index in [1.54, 1.807) is 4.31 Å². The molecule has 100 valence electrons. The fraction of sp³-hybridized carbons (Fsp3) is 1.00. The van der Waals surface area contributed by atoms with Crippen molar-refractivity contribution in [1.29, 1.82) is 0 Å². The van der Waals surface area contributed by atoms with Crippen molar-refractivity contribution in [2.75, 3.05) is 31.9 Å². The molecule has 0 radical (unpaired) electrons. The molecule has 4 nitrogen and oxygen atoms in total. The van der Waals surface area contributed by atoms with Gasteiger partial charge in [-0.25, -0.2) is 12.7 Å². The summed E-state index contributed by atoms with van der Waals surface area (Å²) in [7, 11) is -3.01. The third-order valence-electron chi connectivity index (χ3n) is 3.92. The highest BCUT2D eigenvalue weighted by Gasteiger charge is 2.29. The van der Waals surface area contributed by atoms with E-state index < -0.39 is 10.0 Å². The summed E-state index contributed by atoms with van der Waals surface area (Å²) >= 11 is 0. The van der Waals surface area contributed by atoms with Crippen molar-refractivity contribution in [3.05, 3.63) is 0 Å². The van der Waals surface area contributed by atoms with Gasteiger partial charge in [0, 0.05) is 13.1 Å². The molecule has 2 rings (SSSR count). The van der Waals surface area contributed by atoms with Crippen molar-refractivity contribution in [2.45, 2.75) is 32.6 Å². The fourth-order valence-corrected chi connectivity index (χ4v) is 4.88. The van der Waals surface area contributed by atoms with Crippen LogP contribution >= 0.6 is 0 Å². The van der Waals surface area contributed by atoms with E-state index in [1.165, 1.54) is 6.42 Å². The maximum absolute atomic E-state index is 12.3. The predicted molar refractivity (Wildman–Crippen MR) is 69.4 cm³/mol. The average molecular weight is 260 g/mol. The van der Waals surface area contributed by atoms with E-state index >= 15 is 0 Å². The highest BCUT2D eigenvalue weighted by atomic mass is 32.2. The Morgan fingerprint density at radius 3 is 2.59 bits per heavy atom. The van der Waals surface area contributed by atoms with Gasteiger partial charge in [0.05, 0.1) is 5.75 Å². The van der Waals surface area contributed by atoms with Crippen LogP contribution in [0.25, 0.3) is 0 Å². The van der Waals surface area contributed by atoms with Crippen molar-refractivity contribution in [1.82, 2.24) is 9.62 Å². The van der Waals surface area contributed by atoms with E-state index in [2.05, 4.69) is 12.2 Å². The van der Waals surface area contributed by atoms with Gasteiger partial charge in [-0.3, -0.25) is 0 Å². The molecule has 0 aromatic carbocycles. The van der Waals surface area contributed by atoms with Gasteiger partial charge in [-0.1, -0.05) is 6.92 Å². The maximum Gasteiger partial charge on any atom is 0.214 e. The topological polar surface area (TPSA) is 49.4 Å². The van der Waals surface area contributed by atoms with E-state index in [1.807, 2.05) is 0 Å². The van der Waals surface area contributed by atoms with Crippen LogP contribution in [0.1, 0.15) is 32.6 Å². The van der Waals surface area contributed by atoms with Crippen molar-refractivity contribution in [2.24, 2.45) is 11.8 Å². The number of nitrogens with zero attached hydrogens (tertiary/aromatic N) is 1. The first-order chi connectivity index (χ1) is 8.08. The van der Waals surface area contributed by atoms with Gasteiger partial charge in [-0.2, -0.15) is 0 Å². The molecule has 2 aliphatic rings. The summed E-state index contributed by atoms with van der Waals surface area (Å²) in [5.41, 5.74) is 0. The molecule has 0 bridgehead atoms. The van der Waals surface area contributed by atoms with Crippen LogP contribution in [-0.2, 0) is 10.0 Å². The molecule has 1 atom stereocenters. The fourth-order valence-electron chi connectivity index (χ4n) is 2.85. The standard InChI is InChI=1S/C12H24N2O2S/c1-11-3-2-8-14(9-11)17(15,16)10-12-4-6-13-7-5-12/h11-13H,2-10H2,1H3. The van der Waals surface area contributed by atoms with Crippen molar-refractivity contribution >= 4 is 10.0 Å². The Hall–Kier alpha value is -0.130. The third kappa shape index (κ3) is 3.66. The van der Waals surface area contributed by atoms with Gasteiger partial charge in [0.2, 0.25) is 10.0 Å². The first-order valence-electron chi connectivity index (χ1n) is 6.76. The molecule has 1 unspecified atom stereocenters. The van der Waals surface area contributed by atoms with Gasteiger partial charge in [-0.15, -0.1) is 0 Å². The normalized spacial score (nSPS) is 29.4. The summed E-state index contributed by atoms with van der Waals surface area (Å²) in [6, 6.07) is 0. The zero-order chi connectivity index (χ0) is 12.3. The lowest BCUT2D eigenvalue weighted by molar-refractivity contribution is 0.277. The van der Waals surface area contributed by atoms with E-state index in [0.29, 0.717) is 17.6 Å². The third-order valence-corrected chi connectivity index (χ3v) is 5.93. The summed E-state index contributed by atoms with van der Waals surface area (Å²) in [6.45, 7) is 5.55. The summed E-state index contributed by atoms with van der Waals surface area (Å²) < 4.78 is 26.3. The van der Waals surface area contributed by atoms with Crippen LogP contribution in [0.4, 0.5) is 0 Å². The number of hydrogen-bond acceptors (Lipinski definition) is 3. The smallest absolute Gasteiger partial charge is 0.214 e. The Balaban J connectivity index is 1.92. The van der Waals surface area contributed by atoms with Crippen molar-refractivity contribution < 1.29 is 8.42 Å². The molecular weight excluding hydrogens is 236 g/mol. The first kappa shape index (κ1) is 13.3. The number of piperidine rings is 2. The average Bonchev–Trinajstić information content (AvgIpc) is 2.30. The lowest BCUT2D eigenvalue weighted by Gasteiger charge is -2.32. The molecule has 0 saturated carbocycles. The zero-order valence-electron chi connectivity index (χ0n) is 10.7. The number of sulfonamides is 1. The van der Waals surface area contributed by atoms with Gasteiger partial charge < -0.3 is 5.32 Å². The second kappa shape index (κ2) is 5.67. The minimum absolute atomic E-state index is 0.360. The van der Waals surface area contributed by atoms with Crippen LogP contribution in [0.3, 0.4) is 0 Å². The lowest BCUT2D eigenvalue weighted by atomic mass is 10.0. The highest BCUT2D eigenvalue weighted by molar-refractivity contribution is 7.89. The van der Waals surface area contributed by atoms with E-state index in [-0.39, 0.29) is 0 Å². The molecule has 2 fully saturated rings. The largest absolute Gasteiger partial charge is 0.317 e. The highest BCUT2D eigenvalue weighted by Crippen LogP contribution is 2.22. The quantitative estimate of drug-likeness (QED) is 0.825. The SMILES string of the molecule is CC1CCCN(S(=O)(=O)CC2CCNCC2)C1. The maximum atomic E-state index is 12.3. The molecule has 0 aromatic rings. The predicted octanol–water partition coefficient (Wildman–Crippen LogP) is 1.05. The number of rotatable bonds is 3. The van der Waals surface area contributed by atoms with Crippen LogP contribution in [0, 0.1) is 11.8 Å². The number of nitrogens with one attached hydrogen (secondary N) is 1. The number of hydrogen-bond donors (Lipinski definition) is 1. The molecule has 2 saturated heterocycles. The molecule has 0 spiro atoms. The van der Waals surface area contributed by atoms with Crippen molar-refractivity contribution in [3.8, 4) is 0 Å². The van der Waals surface area contributed by atoms with Crippen LogP contribution in [0.15, 0.2) is 0 Å². The lowest BCUT2D eigenvalue weighted by Crippen LogP contribution is -2.42. The Labute approximate surface area is 105 Å². The van der Waals surface area contributed by atoms with Gasteiger partial charge in [0.1, 0.15) is 0 Å². The zero-order valence-corrected chi connectivity index (χ0v) is 11.5. The molecule has 5 heteroatoms. The van der Waals surface area contributed by atoms with Gasteiger partial charge >= 0.3 is 0 Å². The van der Waals surface area contributed by atoms with E-state index in [4.69, 9.17) is 0 Å². The summed E-state index contributed by atoms with van der Waals surface area (Å²) in [5.74, 6) is 1.24. The van der Waals surface area contributed by atoms with Crippen LogP contribution < -0.4 is 5.32 Å². The summed E-state index contributed by atoms with van der Waals surface area (Å²) in [4.78, 5) is 0. The van der Waals surface area contributed by atoms with Crippen LogP contribution in [0.2, 0.25) is 0 Å². The Morgan fingerprint density at radius 2 is 1.94 bits per heavy atom. The molecule has 0 amide bonds. The molecule has 0 aliphatic carbocycles. The van der Waals surface area contributed by atoms with Crippen molar-refractivity contribution in [3.63, 3.8) is 0 Å². The Kier molecular flexibility index (Phi) is 4.44. The Bertz CT molecular complexity index is 336. The second-order valence-electron chi connectivity index (χ2n) is 5.58. The second-order valence-corrected chi connectivity index (χ2v) is 7.59. The molecule has 17 heavy (non-hydrogen) atoms. The van der Waals surface area contributed by atoms with Crippen LogP contribution in [-0.4, -0.2) is 44.7 Å². The first-order valence-corrected chi connectivity index (χ1v) is 8.37. The van der Waals surface area contributed by atoms with Crippen LogP contribution in [0.5, 0.6) is 0 Å². The minimum Gasteiger partial charge on any atom is -0.317 e. The molecule has 1 N–H and O–H groups in total. The monoisotopic (exact) mass is 260 g/mol. The van der Waals surface area contributed by atoms with Gasteiger partial charge in [-0.05, 0) is 50.6 Å². The van der Waals surface area contributed by atoms with Gasteiger partial charge in [0.15, 0.2) is 0 Å². The minimum atomic E-state index is -3.01. The molecule has 2 aliphatic heterocycles. The van der Waals surface area contributed by atoms with E-state index in [9.17, 15) is 8.42 Å².